The summed E-state index contributed by atoms with van der Waals surface area (Å²) in [6.07, 6.45) is 6.50. The smallest absolute Gasteiger partial charge is 0.242 e. The van der Waals surface area contributed by atoms with Gasteiger partial charge in [-0.25, -0.2) is 0 Å². The Morgan fingerprint density at radius 2 is 2.12 bits per heavy atom. The fourth-order valence-corrected chi connectivity index (χ4v) is 3.61. The first-order valence-corrected chi connectivity index (χ1v) is 7.49. The zero-order valence-electron chi connectivity index (χ0n) is 10.0. The van der Waals surface area contributed by atoms with E-state index in [1.807, 2.05) is 11.8 Å². The number of carbonyl (C=O) groups is 2. The minimum absolute atomic E-state index is 0.00881. The number of carbonyl (C=O) groups excluding carboxylic acids is 2. The van der Waals surface area contributed by atoms with Gasteiger partial charge in [0.25, 0.3) is 0 Å². The van der Waals surface area contributed by atoms with Crippen LogP contribution in [0, 0.1) is 0 Å². The number of hydrogen-bond donors (Lipinski definition) is 2. The molecule has 2 amide bonds. The van der Waals surface area contributed by atoms with Crippen LogP contribution >= 0.6 is 11.8 Å². The highest BCUT2D eigenvalue weighted by molar-refractivity contribution is 7.99. The molecule has 2 rings (SSSR count). The average molecular weight is 256 g/mol. The van der Waals surface area contributed by atoms with Crippen LogP contribution in [0.2, 0.25) is 0 Å². The zero-order chi connectivity index (χ0) is 12.1. The van der Waals surface area contributed by atoms with Gasteiger partial charge in [0.1, 0.15) is 6.04 Å². The van der Waals surface area contributed by atoms with Gasteiger partial charge in [-0.3, -0.25) is 9.59 Å². The molecule has 96 valence electrons. The molecule has 0 spiro atoms. The molecule has 0 bridgehead atoms. The van der Waals surface area contributed by atoms with Crippen molar-refractivity contribution in [3.8, 4) is 0 Å². The number of thioether (sulfide) groups is 1. The Bertz CT molecular complexity index is 290. The molecule has 0 aromatic heterocycles. The van der Waals surface area contributed by atoms with E-state index in [-0.39, 0.29) is 17.9 Å². The first-order chi connectivity index (χ1) is 8.25. The Balaban J connectivity index is 1.55. The standard InChI is InChI=1S/C12H20N2O2S/c15-11-6-5-10(14-11)12(16)13-7-8-17-9-3-1-2-4-9/h9-10H,1-8H2,(H,13,16)(H,14,15)/t10-/m1/s1. The lowest BCUT2D eigenvalue weighted by Gasteiger charge is -2.12. The molecule has 0 aromatic carbocycles. The summed E-state index contributed by atoms with van der Waals surface area (Å²) in [6, 6.07) is -0.293. The summed E-state index contributed by atoms with van der Waals surface area (Å²) in [4.78, 5) is 22.6. The third-order valence-electron chi connectivity index (χ3n) is 3.37. The fourth-order valence-electron chi connectivity index (χ4n) is 2.39. The summed E-state index contributed by atoms with van der Waals surface area (Å²) in [7, 11) is 0. The van der Waals surface area contributed by atoms with Crippen LogP contribution in [0.25, 0.3) is 0 Å². The van der Waals surface area contributed by atoms with Crippen LogP contribution in [0.15, 0.2) is 0 Å². The van der Waals surface area contributed by atoms with Crippen molar-refractivity contribution in [1.82, 2.24) is 10.6 Å². The molecule has 1 aliphatic carbocycles. The van der Waals surface area contributed by atoms with Gasteiger partial charge in [0.05, 0.1) is 0 Å². The number of hydrogen-bond acceptors (Lipinski definition) is 3. The monoisotopic (exact) mass is 256 g/mol. The van der Waals surface area contributed by atoms with Crippen LogP contribution in [-0.2, 0) is 9.59 Å². The van der Waals surface area contributed by atoms with Gasteiger partial charge in [-0.05, 0) is 19.3 Å². The van der Waals surface area contributed by atoms with Gasteiger partial charge < -0.3 is 10.6 Å². The van der Waals surface area contributed by atoms with E-state index in [1.165, 1.54) is 25.7 Å². The number of nitrogens with one attached hydrogen (secondary N) is 2. The van der Waals surface area contributed by atoms with E-state index in [0.29, 0.717) is 19.4 Å². The molecule has 5 heteroatoms. The maximum absolute atomic E-state index is 11.7. The quantitative estimate of drug-likeness (QED) is 0.723. The van der Waals surface area contributed by atoms with Gasteiger partial charge in [-0.15, -0.1) is 0 Å². The lowest BCUT2D eigenvalue weighted by Crippen LogP contribution is -2.42. The Hall–Kier alpha value is -0.710. The summed E-state index contributed by atoms with van der Waals surface area (Å²) in [6.45, 7) is 0.715. The molecule has 1 heterocycles. The third kappa shape index (κ3) is 3.91. The second-order valence-corrected chi connectivity index (χ2v) is 6.14. The molecule has 2 fully saturated rings. The average Bonchev–Trinajstić information content (AvgIpc) is 2.95. The molecular weight excluding hydrogens is 236 g/mol. The van der Waals surface area contributed by atoms with Gasteiger partial charge in [0.2, 0.25) is 11.8 Å². The lowest BCUT2D eigenvalue weighted by atomic mass is 10.2. The van der Waals surface area contributed by atoms with Crippen LogP contribution in [0.5, 0.6) is 0 Å². The highest BCUT2D eigenvalue weighted by Gasteiger charge is 2.26. The van der Waals surface area contributed by atoms with E-state index < -0.39 is 0 Å². The Labute approximate surface area is 106 Å². The molecule has 1 atom stereocenters. The van der Waals surface area contributed by atoms with Crippen LogP contribution in [0.1, 0.15) is 38.5 Å². The van der Waals surface area contributed by atoms with Gasteiger partial charge in [0, 0.05) is 24.0 Å². The summed E-state index contributed by atoms with van der Waals surface area (Å²) in [5.74, 6) is 0.949. The second kappa shape index (κ2) is 6.28. The Morgan fingerprint density at radius 3 is 2.76 bits per heavy atom. The van der Waals surface area contributed by atoms with Gasteiger partial charge >= 0.3 is 0 Å². The molecule has 0 radical (unpaired) electrons. The van der Waals surface area contributed by atoms with Crippen LogP contribution in [0.3, 0.4) is 0 Å². The van der Waals surface area contributed by atoms with Crippen molar-refractivity contribution in [2.24, 2.45) is 0 Å². The predicted octanol–water partition coefficient (Wildman–Crippen LogP) is 1.06. The van der Waals surface area contributed by atoms with Gasteiger partial charge in [-0.2, -0.15) is 11.8 Å². The van der Waals surface area contributed by atoms with Crippen molar-refractivity contribution < 1.29 is 9.59 Å². The molecule has 2 N–H and O–H groups in total. The van der Waals surface area contributed by atoms with Crippen molar-refractivity contribution in [1.29, 1.82) is 0 Å². The molecule has 2 aliphatic rings. The molecule has 1 saturated heterocycles. The Kier molecular flexibility index (Phi) is 4.71. The van der Waals surface area contributed by atoms with Crippen molar-refractivity contribution in [2.45, 2.75) is 49.8 Å². The van der Waals surface area contributed by atoms with E-state index in [4.69, 9.17) is 0 Å². The topological polar surface area (TPSA) is 58.2 Å². The van der Waals surface area contributed by atoms with E-state index in [0.717, 1.165) is 11.0 Å². The van der Waals surface area contributed by atoms with Crippen molar-refractivity contribution in [3.05, 3.63) is 0 Å². The molecule has 17 heavy (non-hydrogen) atoms. The highest BCUT2D eigenvalue weighted by Crippen LogP contribution is 2.28. The van der Waals surface area contributed by atoms with Crippen molar-refractivity contribution in [2.75, 3.05) is 12.3 Å². The second-order valence-electron chi connectivity index (χ2n) is 4.73. The van der Waals surface area contributed by atoms with Crippen LogP contribution in [-0.4, -0.2) is 35.4 Å². The fraction of sp³-hybridized carbons (Fsp3) is 0.833. The summed E-state index contributed by atoms with van der Waals surface area (Å²) in [5.41, 5.74) is 0. The minimum atomic E-state index is -0.293. The largest absolute Gasteiger partial charge is 0.353 e. The Morgan fingerprint density at radius 1 is 1.35 bits per heavy atom. The maximum Gasteiger partial charge on any atom is 0.242 e. The number of amides is 2. The molecule has 1 aliphatic heterocycles. The molecule has 0 aromatic rings. The van der Waals surface area contributed by atoms with Crippen molar-refractivity contribution >= 4 is 23.6 Å². The van der Waals surface area contributed by atoms with Gasteiger partial charge in [0.15, 0.2) is 0 Å². The molecule has 4 nitrogen and oxygen atoms in total. The van der Waals surface area contributed by atoms with Crippen LogP contribution in [0.4, 0.5) is 0 Å². The van der Waals surface area contributed by atoms with Gasteiger partial charge in [-0.1, -0.05) is 12.8 Å². The van der Waals surface area contributed by atoms with E-state index >= 15 is 0 Å². The first-order valence-electron chi connectivity index (χ1n) is 6.44. The molecular formula is C12H20N2O2S. The predicted molar refractivity (Wildman–Crippen MR) is 68.9 cm³/mol. The van der Waals surface area contributed by atoms with Crippen LogP contribution < -0.4 is 10.6 Å². The first kappa shape index (κ1) is 12.7. The summed E-state index contributed by atoms with van der Waals surface area (Å²) in [5, 5.41) is 6.38. The van der Waals surface area contributed by atoms with E-state index in [1.54, 1.807) is 0 Å². The normalized spacial score (nSPS) is 24.9. The highest BCUT2D eigenvalue weighted by atomic mass is 32.2. The summed E-state index contributed by atoms with van der Waals surface area (Å²) < 4.78 is 0. The molecule has 0 unspecified atom stereocenters. The van der Waals surface area contributed by atoms with E-state index in [2.05, 4.69) is 10.6 Å². The third-order valence-corrected chi connectivity index (χ3v) is 4.75. The molecule has 1 saturated carbocycles. The lowest BCUT2D eigenvalue weighted by molar-refractivity contribution is -0.125. The minimum Gasteiger partial charge on any atom is -0.353 e. The van der Waals surface area contributed by atoms with Crippen molar-refractivity contribution in [3.63, 3.8) is 0 Å². The summed E-state index contributed by atoms with van der Waals surface area (Å²) >= 11 is 1.97. The number of rotatable bonds is 5. The van der Waals surface area contributed by atoms with E-state index in [9.17, 15) is 9.59 Å². The maximum atomic E-state index is 11.7. The zero-order valence-corrected chi connectivity index (χ0v) is 10.9. The SMILES string of the molecule is O=C1CC[C@H](C(=O)NCCSC2CCCC2)N1.